The minimum Gasteiger partial charge on any atom is -0.378 e. The molecule has 3 saturated heterocycles. The summed E-state index contributed by atoms with van der Waals surface area (Å²) in [5.74, 6) is 0.0924. The van der Waals surface area contributed by atoms with Gasteiger partial charge in [-0.05, 0) is 25.9 Å². The number of piperidine rings is 1. The van der Waals surface area contributed by atoms with Crippen molar-refractivity contribution in [2.75, 3.05) is 59.0 Å². The molecule has 7 heteroatoms. The number of amides is 3. The number of urea groups is 1. The highest BCUT2D eigenvalue weighted by Crippen LogP contribution is 2.16. The number of carbonyl (C=O) groups excluding carboxylic acids is 2. The van der Waals surface area contributed by atoms with Gasteiger partial charge in [-0.1, -0.05) is 0 Å². The summed E-state index contributed by atoms with van der Waals surface area (Å²) < 4.78 is 5.26. The predicted molar refractivity (Wildman–Crippen MR) is 77.0 cm³/mol. The number of hydrogen-bond donors (Lipinski definition) is 1. The number of morpholine rings is 1. The van der Waals surface area contributed by atoms with Crippen LogP contribution < -0.4 is 5.32 Å². The molecule has 118 valence electrons. The van der Waals surface area contributed by atoms with Crippen molar-refractivity contribution in [3.05, 3.63) is 0 Å². The molecule has 0 aromatic carbocycles. The number of rotatable bonds is 1. The summed E-state index contributed by atoms with van der Waals surface area (Å²) in [6.07, 6.45) is 2.03. The third-order valence-electron chi connectivity index (χ3n) is 4.56. The van der Waals surface area contributed by atoms with Crippen LogP contribution in [0, 0.1) is 0 Å². The Balaban J connectivity index is 1.54. The van der Waals surface area contributed by atoms with Crippen LogP contribution in [-0.2, 0) is 9.53 Å². The fraction of sp³-hybridized carbons (Fsp3) is 0.857. The van der Waals surface area contributed by atoms with Gasteiger partial charge in [-0.25, -0.2) is 4.79 Å². The Labute approximate surface area is 125 Å². The summed E-state index contributed by atoms with van der Waals surface area (Å²) in [6.45, 7) is 5.92. The van der Waals surface area contributed by atoms with E-state index in [9.17, 15) is 9.59 Å². The molecular weight excluding hydrogens is 272 g/mol. The molecule has 3 aliphatic heterocycles. The summed E-state index contributed by atoms with van der Waals surface area (Å²) in [4.78, 5) is 30.2. The molecule has 3 aliphatic rings. The smallest absolute Gasteiger partial charge is 0.320 e. The Kier molecular flexibility index (Phi) is 4.60. The van der Waals surface area contributed by atoms with Crippen LogP contribution in [0.25, 0.3) is 0 Å². The van der Waals surface area contributed by atoms with E-state index in [0.717, 1.165) is 25.9 Å². The van der Waals surface area contributed by atoms with E-state index in [4.69, 9.17) is 4.74 Å². The quantitative estimate of drug-likeness (QED) is 0.697. The molecule has 3 fully saturated rings. The SMILES string of the molecule is O=C(N1CCOCC1)N1CCN(C2CCNCC2)C(=O)C1. The molecule has 0 unspecified atom stereocenters. The number of carbonyl (C=O) groups is 2. The first-order valence-corrected chi connectivity index (χ1v) is 7.87. The van der Waals surface area contributed by atoms with Crippen LogP contribution in [0.4, 0.5) is 4.79 Å². The standard InChI is InChI=1S/C14H24N4O3/c19-13-11-17(14(20)16-7-9-21-10-8-16)5-6-18(13)12-1-3-15-4-2-12/h12,15H,1-11H2. The average Bonchev–Trinajstić information content (AvgIpc) is 2.55. The largest absolute Gasteiger partial charge is 0.378 e. The molecule has 0 bridgehead atoms. The second-order valence-corrected chi connectivity index (χ2v) is 5.87. The van der Waals surface area contributed by atoms with E-state index in [0.29, 0.717) is 45.4 Å². The van der Waals surface area contributed by atoms with E-state index < -0.39 is 0 Å². The second kappa shape index (κ2) is 6.62. The Morgan fingerprint density at radius 2 is 1.76 bits per heavy atom. The summed E-state index contributed by atoms with van der Waals surface area (Å²) in [6, 6.07) is 0.330. The van der Waals surface area contributed by atoms with Crippen molar-refractivity contribution in [2.24, 2.45) is 0 Å². The van der Waals surface area contributed by atoms with Crippen LogP contribution in [0.2, 0.25) is 0 Å². The van der Waals surface area contributed by atoms with Crippen molar-refractivity contribution >= 4 is 11.9 Å². The monoisotopic (exact) mass is 296 g/mol. The van der Waals surface area contributed by atoms with Crippen molar-refractivity contribution in [1.29, 1.82) is 0 Å². The van der Waals surface area contributed by atoms with Gasteiger partial charge in [-0.2, -0.15) is 0 Å². The topological polar surface area (TPSA) is 65.1 Å². The molecule has 21 heavy (non-hydrogen) atoms. The van der Waals surface area contributed by atoms with Crippen LogP contribution >= 0.6 is 0 Å². The van der Waals surface area contributed by atoms with Crippen LogP contribution in [0.15, 0.2) is 0 Å². The summed E-state index contributed by atoms with van der Waals surface area (Å²) in [7, 11) is 0. The van der Waals surface area contributed by atoms with Gasteiger partial charge >= 0.3 is 6.03 Å². The van der Waals surface area contributed by atoms with E-state index in [2.05, 4.69) is 5.32 Å². The van der Waals surface area contributed by atoms with E-state index in [-0.39, 0.29) is 18.5 Å². The highest BCUT2D eigenvalue weighted by atomic mass is 16.5. The minimum absolute atomic E-state index is 0.0170. The highest BCUT2D eigenvalue weighted by molar-refractivity contribution is 5.85. The zero-order valence-electron chi connectivity index (χ0n) is 12.4. The van der Waals surface area contributed by atoms with Gasteiger partial charge in [-0.3, -0.25) is 4.79 Å². The van der Waals surface area contributed by atoms with Crippen LogP contribution in [-0.4, -0.2) is 91.7 Å². The molecule has 0 saturated carbocycles. The van der Waals surface area contributed by atoms with Gasteiger partial charge in [-0.15, -0.1) is 0 Å². The molecule has 3 rings (SSSR count). The minimum atomic E-state index is -0.0170. The Bertz CT molecular complexity index is 392. The van der Waals surface area contributed by atoms with Crippen LogP contribution in [0.3, 0.4) is 0 Å². The fourth-order valence-corrected chi connectivity index (χ4v) is 3.31. The number of nitrogens with zero attached hydrogens (tertiary/aromatic N) is 3. The van der Waals surface area contributed by atoms with Crippen LogP contribution in [0.5, 0.6) is 0 Å². The third-order valence-corrected chi connectivity index (χ3v) is 4.56. The maximum Gasteiger partial charge on any atom is 0.320 e. The molecular formula is C14H24N4O3. The van der Waals surface area contributed by atoms with Gasteiger partial charge in [0, 0.05) is 32.2 Å². The normalized spacial score (nSPS) is 25.3. The molecule has 0 atom stereocenters. The lowest BCUT2D eigenvalue weighted by Crippen LogP contribution is -2.59. The van der Waals surface area contributed by atoms with Gasteiger partial charge in [0.15, 0.2) is 0 Å². The molecule has 7 nitrogen and oxygen atoms in total. The molecule has 0 spiro atoms. The maximum atomic E-state index is 12.4. The predicted octanol–water partition coefficient (Wildman–Crippen LogP) is -0.665. The molecule has 1 N–H and O–H groups in total. The zero-order chi connectivity index (χ0) is 14.7. The summed E-state index contributed by atoms with van der Waals surface area (Å²) in [5.41, 5.74) is 0. The average molecular weight is 296 g/mol. The first-order valence-electron chi connectivity index (χ1n) is 7.87. The molecule has 0 aromatic heterocycles. The second-order valence-electron chi connectivity index (χ2n) is 5.87. The van der Waals surface area contributed by atoms with Gasteiger partial charge < -0.3 is 24.8 Å². The number of piperazine rings is 1. The lowest BCUT2D eigenvalue weighted by molar-refractivity contribution is -0.138. The summed E-state index contributed by atoms with van der Waals surface area (Å²) in [5, 5.41) is 3.32. The lowest BCUT2D eigenvalue weighted by Gasteiger charge is -2.42. The van der Waals surface area contributed by atoms with Crippen molar-refractivity contribution in [3.63, 3.8) is 0 Å². The van der Waals surface area contributed by atoms with Gasteiger partial charge in [0.05, 0.1) is 13.2 Å². The van der Waals surface area contributed by atoms with Crippen molar-refractivity contribution in [2.45, 2.75) is 18.9 Å². The van der Waals surface area contributed by atoms with E-state index >= 15 is 0 Å². The maximum absolute atomic E-state index is 12.4. The molecule has 3 amide bonds. The molecule has 0 aromatic rings. The van der Waals surface area contributed by atoms with Gasteiger partial charge in [0.25, 0.3) is 0 Å². The van der Waals surface area contributed by atoms with Crippen molar-refractivity contribution < 1.29 is 14.3 Å². The Hall–Kier alpha value is -1.34. The summed E-state index contributed by atoms with van der Waals surface area (Å²) >= 11 is 0. The first kappa shape index (κ1) is 14.6. The van der Waals surface area contributed by atoms with Gasteiger partial charge in [0.2, 0.25) is 5.91 Å². The number of ether oxygens (including phenoxy) is 1. The van der Waals surface area contributed by atoms with Gasteiger partial charge in [0.1, 0.15) is 6.54 Å². The number of nitrogens with one attached hydrogen (secondary N) is 1. The zero-order valence-corrected chi connectivity index (χ0v) is 12.4. The third kappa shape index (κ3) is 3.29. The number of hydrogen-bond acceptors (Lipinski definition) is 4. The van der Waals surface area contributed by atoms with E-state index in [1.54, 1.807) is 9.80 Å². The molecule has 3 heterocycles. The Morgan fingerprint density at radius 3 is 2.43 bits per heavy atom. The molecule has 0 radical (unpaired) electrons. The fourth-order valence-electron chi connectivity index (χ4n) is 3.31. The Morgan fingerprint density at radius 1 is 1.05 bits per heavy atom. The molecule has 0 aliphatic carbocycles. The van der Waals surface area contributed by atoms with Crippen molar-refractivity contribution in [1.82, 2.24) is 20.0 Å². The van der Waals surface area contributed by atoms with E-state index in [1.807, 2.05) is 4.90 Å². The van der Waals surface area contributed by atoms with Crippen LogP contribution in [0.1, 0.15) is 12.8 Å². The first-order chi connectivity index (χ1) is 10.3. The van der Waals surface area contributed by atoms with E-state index in [1.165, 1.54) is 0 Å². The lowest BCUT2D eigenvalue weighted by atomic mass is 10.0. The van der Waals surface area contributed by atoms with Crippen molar-refractivity contribution in [3.8, 4) is 0 Å². The highest BCUT2D eigenvalue weighted by Gasteiger charge is 2.33.